The zero-order valence-electron chi connectivity index (χ0n) is 7.87. The Morgan fingerprint density at radius 3 is 2.71 bits per heavy atom. The van der Waals surface area contributed by atoms with Gasteiger partial charge >= 0.3 is 5.97 Å². The summed E-state index contributed by atoms with van der Waals surface area (Å²) < 4.78 is 4.59. The fraction of sp³-hybridized carbons (Fsp3) is 0.200. The van der Waals surface area contributed by atoms with Crippen molar-refractivity contribution in [3.05, 3.63) is 28.8 Å². The highest BCUT2D eigenvalue weighted by Crippen LogP contribution is 2.19. The molecule has 1 aromatic carbocycles. The Bertz CT molecular complexity index is 421. The molecule has 0 radical (unpaired) electrons. The molecular formula is C10H9NO2S. The van der Waals surface area contributed by atoms with E-state index in [1.165, 1.54) is 7.11 Å². The number of rotatable bonds is 1. The Kier molecular flexibility index (Phi) is 3.15. The number of hydrogen-bond donors (Lipinski definition) is 1. The van der Waals surface area contributed by atoms with Crippen LogP contribution in [0.25, 0.3) is 0 Å². The van der Waals surface area contributed by atoms with Crippen molar-refractivity contribution in [2.24, 2.45) is 0 Å². The second-order valence-corrected chi connectivity index (χ2v) is 3.29. The number of nitriles is 1. The van der Waals surface area contributed by atoms with Gasteiger partial charge < -0.3 is 4.74 Å². The van der Waals surface area contributed by atoms with Crippen LogP contribution in [0.4, 0.5) is 0 Å². The number of hydrogen-bond acceptors (Lipinski definition) is 4. The molecule has 0 atom stereocenters. The Balaban J connectivity index is 3.38. The van der Waals surface area contributed by atoms with Crippen molar-refractivity contribution >= 4 is 18.6 Å². The maximum Gasteiger partial charge on any atom is 0.338 e. The van der Waals surface area contributed by atoms with Crippen LogP contribution in [0.5, 0.6) is 0 Å². The van der Waals surface area contributed by atoms with E-state index in [4.69, 9.17) is 5.26 Å². The van der Waals surface area contributed by atoms with Crippen molar-refractivity contribution in [1.29, 1.82) is 5.26 Å². The minimum Gasteiger partial charge on any atom is -0.465 e. The van der Waals surface area contributed by atoms with E-state index in [9.17, 15) is 4.79 Å². The summed E-state index contributed by atoms with van der Waals surface area (Å²) in [7, 11) is 1.30. The van der Waals surface area contributed by atoms with Crippen LogP contribution in [0.3, 0.4) is 0 Å². The second-order valence-electron chi connectivity index (χ2n) is 2.77. The number of carbonyl (C=O) groups is 1. The van der Waals surface area contributed by atoms with Crippen molar-refractivity contribution in [2.75, 3.05) is 7.11 Å². The van der Waals surface area contributed by atoms with E-state index >= 15 is 0 Å². The monoisotopic (exact) mass is 207 g/mol. The molecule has 4 heteroatoms. The van der Waals surface area contributed by atoms with Crippen LogP contribution in [-0.4, -0.2) is 13.1 Å². The molecule has 0 spiro atoms. The average Bonchev–Trinajstić information content (AvgIpc) is 2.19. The van der Waals surface area contributed by atoms with Crippen molar-refractivity contribution in [2.45, 2.75) is 11.8 Å². The summed E-state index contributed by atoms with van der Waals surface area (Å²) in [5.41, 5.74) is 1.45. The van der Waals surface area contributed by atoms with E-state index in [0.29, 0.717) is 21.6 Å². The van der Waals surface area contributed by atoms with Gasteiger partial charge in [0.1, 0.15) is 0 Å². The Hall–Kier alpha value is -1.47. The fourth-order valence-corrected chi connectivity index (χ4v) is 1.40. The van der Waals surface area contributed by atoms with Crippen LogP contribution in [0.2, 0.25) is 0 Å². The summed E-state index contributed by atoms with van der Waals surface area (Å²) in [6.45, 7) is 1.71. The van der Waals surface area contributed by atoms with E-state index in [1.807, 2.05) is 6.07 Å². The number of nitrogens with zero attached hydrogens (tertiary/aromatic N) is 1. The molecule has 1 aromatic rings. The second kappa shape index (κ2) is 4.16. The molecule has 0 aliphatic rings. The summed E-state index contributed by atoms with van der Waals surface area (Å²) in [5, 5.41) is 8.79. The van der Waals surface area contributed by atoms with Gasteiger partial charge in [-0.05, 0) is 24.6 Å². The van der Waals surface area contributed by atoms with Crippen molar-refractivity contribution in [3.63, 3.8) is 0 Å². The molecule has 1 rings (SSSR count). The highest BCUT2D eigenvalue weighted by atomic mass is 32.1. The Labute approximate surface area is 87.7 Å². The molecule has 0 bridgehead atoms. The molecule has 0 aliphatic heterocycles. The van der Waals surface area contributed by atoms with Gasteiger partial charge in [-0.2, -0.15) is 5.26 Å². The van der Waals surface area contributed by atoms with Gasteiger partial charge in [0.25, 0.3) is 0 Å². The van der Waals surface area contributed by atoms with E-state index in [-0.39, 0.29) is 0 Å². The maximum atomic E-state index is 11.3. The zero-order chi connectivity index (χ0) is 10.7. The molecule has 0 unspecified atom stereocenters. The molecule has 0 heterocycles. The predicted octanol–water partition coefficient (Wildman–Crippen LogP) is 1.94. The largest absolute Gasteiger partial charge is 0.465 e. The van der Waals surface area contributed by atoms with Crippen LogP contribution < -0.4 is 0 Å². The number of ether oxygens (including phenoxy) is 1. The van der Waals surface area contributed by atoms with Gasteiger partial charge in [-0.15, -0.1) is 12.6 Å². The molecular weight excluding hydrogens is 198 g/mol. The quantitative estimate of drug-likeness (QED) is 0.565. The lowest BCUT2D eigenvalue weighted by Gasteiger charge is -2.06. The summed E-state index contributed by atoms with van der Waals surface area (Å²) in [5.74, 6) is -0.449. The predicted molar refractivity (Wildman–Crippen MR) is 54.5 cm³/mol. The minimum absolute atomic E-state index is 0.386. The van der Waals surface area contributed by atoms with Gasteiger partial charge in [-0.3, -0.25) is 0 Å². The molecule has 3 nitrogen and oxygen atoms in total. The average molecular weight is 207 g/mol. The lowest BCUT2D eigenvalue weighted by Crippen LogP contribution is -2.05. The molecule has 0 N–H and O–H groups in total. The zero-order valence-corrected chi connectivity index (χ0v) is 8.76. The van der Waals surface area contributed by atoms with Gasteiger partial charge in [0.15, 0.2) is 0 Å². The van der Waals surface area contributed by atoms with Crippen LogP contribution in [0.15, 0.2) is 17.0 Å². The Morgan fingerprint density at radius 1 is 1.57 bits per heavy atom. The van der Waals surface area contributed by atoms with Gasteiger partial charge in [0.2, 0.25) is 0 Å². The fourth-order valence-electron chi connectivity index (χ4n) is 1.14. The normalized spacial score (nSPS) is 9.29. The third-order valence-electron chi connectivity index (χ3n) is 1.92. The molecule has 0 saturated heterocycles. The van der Waals surface area contributed by atoms with Crippen LogP contribution in [0, 0.1) is 18.3 Å². The van der Waals surface area contributed by atoms with Gasteiger partial charge in [0.05, 0.1) is 24.3 Å². The number of benzene rings is 1. The SMILES string of the molecule is COC(=O)c1cc(S)cc(C#N)c1C. The highest BCUT2D eigenvalue weighted by Gasteiger charge is 2.12. The lowest BCUT2D eigenvalue weighted by molar-refractivity contribution is 0.0599. The summed E-state index contributed by atoms with van der Waals surface area (Å²) in [6.07, 6.45) is 0. The lowest BCUT2D eigenvalue weighted by atomic mass is 10.0. The minimum atomic E-state index is -0.449. The summed E-state index contributed by atoms with van der Waals surface area (Å²) in [6, 6.07) is 5.20. The molecule has 0 amide bonds. The first-order valence-corrected chi connectivity index (χ1v) is 4.37. The maximum absolute atomic E-state index is 11.3. The first-order valence-electron chi connectivity index (χ1n) is 3.92. The number of methoxy groups -OCH3 is 1. The van der Waals surface area contributed by atoms with Crippen LogP contribution >= 0.6 is 12.6 Å². The molecule has 14 heavy (non-hydrogen) atoms. The number of esters is 1. The van der Waals surface area contributed by atoms with Crippen LogP contribution in [0.1, 0.15) is 21.5 Å². The highest BCUT2D eigenvalue weighted by molar-refractivity contribution is 7.80. The summed E-state index contributed by atoms with van der Waals surface area (Å²) >= 11 is 4.10. The first kappa shape index (κ1) is 10.6. The van der Waals surface area contributed by atoms with E-state index in [0.717, 1.165) is 0 Å². The number of thiol groups is 1. The van der Waals surface area contributed by atoms with E-state index in [2.05, 4.69) is 17.4 Å². The third kappa shape index (κ3) is 1.88. The topological polar surface area (TPSA) is 50.1 Å². The Morgan fingerprint density at radius 2 is 2.21 bits per heavy atom. The first-order chi connectivity index (χ1) is 6.60. The molecule has 0 aromatic heterocycles. The molecule has 72 valence electrons. The van der Waals surface area contributed by atoms with Gasteiger partial charge in [-0.1, -0.05) is 0 Å². The standard InChI is InChI=1S/C10H9NO2S/c1-6-7(5-11)3-8(14)4-9(6)10(12)13-2/h3-4,14H,1-2H3. The molecule has 0 fully saturated rings. The third-order valence-corrected chi connectivity index (χ3v) is 2.18. The van der Waals surface area contributed by atoms with Gasteiger partial charge in [0, 0.05) is 4.90 Å². The van der Waals surface area contributed by atoms with E-state index < -0.39 is 5.97 Å². The van der Waals surface area contributed by atoms with Gasteiger partial charge in [-0.25, -0.2) is 4.79 Å². The molecule has 0 aliphatic carbocycles. The van der Waals surface area contributed by atoms with Crippen LogP contribution in [-0.2, 0) is 4.74 Å². The number of carbonyl (C=O) groups excluding carboxylic acids is 1. The van der Waals surface area contributed by atoms with Crippen molar-refractivity contribution < 1.29 is 9.53 Å². The van der Waals surface area contributed by atoms with Crippen molar-refractivity contribution in [1.82, 2.24) is 0 Å². The smallest absolute Gasteiger partial charge is 0.338 e. The van der Waals surface area contributed by atoms with E-state index in [1.54, 1.807) is 19.1 Å². The van der Waals surface area contributed by atoms with Crippen molar-refractivity contribution in [3.8, 4) is 6.07 Å². The summed E-state index contributed by atoms with van der Waals surface area (Å²) in [4.78, 5) is 11.9. The molecule has 0 saturated carbocycles.